The fraction of sp³-hybridized carbons (Fsp3) is 0.235. The lowest BCUT2D eigenvalue weighted by atomic mass is 9.76. The molecule has 2 aromatic rings. The highest BCUT2D eigenvalue weighted by atomic mass is 14.5. The molecule has 0 atom stereocenters. The van der Waals surface area contributed by atoms with Crippen molar-refractivity contribution in [3.8, 4) is 17.2 Å². The molecule has 0 heterocycles. The molecule has 0 bridgehead atoms. The summed E-state index contributed by atoms with van der Waals surface area (Å²) in [6.45, 7) is 0.619. The zero-order valence-electron chi connectivity index (χ0n) is 10.8. The van der Waals surface area contributed by atoms with Crippen LogP contribution < -0.4 is 5.73 Å². The molecule has 0 saturated heterocycles. The second-order valence-electron chi connectivity index (χ2n) is 5.00. The summed E-state index contributed by atoms with van der Waals surface area (Å²) < 4.78 is 0. The van der Waals surface area contributed by atoms with Crippen molar-refractivity contribution < 1.29 is 0 Å². The zero-order valence-corrected chi connectivity index (χ0v) is 10.8. The van der Waals surface area contributed by atoms with Gasteiger partial charge in [0.1, 0.15) is 5.41 Å². The Hall–Kier alpha value is -2.11. The van der Waals surface area contributed by atoms with Crippen LogP contribution in [0.15, 0.2) is 48.5 Å². The van der Waals surface area contributed by atoms with Gasteiger partial charge in [0.2, 0.25) is 0 Å². The van der Waals surface area contributed by atoms with E-state index >= 15 is 0 Å². The van der Waals surface area contributed by atoms with Gasteiger partial charge in [0.05, 0.1) is 6.07 Å². The highest BCUT2D eigenvalue weighted by molar-refractivity contribution is 5.82. The Balaban J connectivity index is 2.27. The van der Waals surface area contributed by atoms with Crippen molar-refractivity contribution in [2.75, 3.05) is 6.54 Å². The van der Waals surface area contributed by atoms with E-state index in [-0.39, 0.29) is 0 Å². The molecule has 2 aromatic carbocycles. The van der Waals surface area contributed by atoms with Gasteiger partial charge in [-0.3, -0.25) is 0 Å². The highest BCUT2D eigenvalue weighted by Gasteiger charge is 2.42. The molecular formula is C17H16N2. The molecule has 0 aliphatic heterocycles. The first-order chi connectivity index (χ1) is 9.33. The normalized spacial score (nSPS) is 14.5. The molecule has 0 amide bonds. The summed E-state index contributed by atoms with van der Waals surface area (Å²) >= 11 is 0. The SMILES string of the molecule is N#CC1(CCCN)c2ccccc2-c2ccccc21. The highest BCUT2D eigenvalue weighted by Crippen LogP contribution is 2.50. The van der Waals surface area contributed by atoms with Crippen LogP contribution in [-0.4, -0.2) is 6.54 Å². The molecule has 0 saturated carbocycles. The van der Waals surface area contributed by atoms with Crippen molar-refractivity contribution in [3.63, 3.8) is 0 Å². The number of fused-ring (bicyclic) bond motifs is 3. The van der Waals surface area contributed by atoms with Gasteiger partial charge in [0, 0.05) is 0 Å². The molecule has 2 N–H and O–H groups in total. The lowest BCUT2D eigenvalue weighted by Crippen LogP contribution is -2.24. The molecule has 0 fully saturated rings. The van der Waals surface area contributed by atoms with E-state index in [1.807, 2.05) is 24.3 Å². The van der Waals surface area contributed by atoms with Crippen molar-refractivity contribution in [1.82, 2.24) is 0 Å². The summed E-state index contributed by atoms with van der Waals surface area (Å²) in [6, 6.07) is 19.0. The minimum Gasteiger partial charge on any atom is -0.330 e. The van der Waals surface area contributed by atoms with Gasteiger partial charge in [-0.2, -0.15) is 5.26 Å². The number of rotatable bonds is 3. The van der Waals surface area contributed by atoms with Crippen molar-refractivity contribution in [3.05, 3.63) is 59.7 Å². The molecule has 2 nitrogen and oxygen atoms in total. The monoisotopic (exact) mass is 248 g/mol. The van der Waals surface area contributed by atoms with Crippen LogP contribution in [0.25, 0.3) is 11.1 Å². The van der Waals surface area contributed by atoms with Gasteiger partial charge in [-0.1, -0.05) is 48.5 Å². The Morgan fingerprint density at radius 3 is 1.95 bits per heavy atom. The average molecular weight is 248 g/mol. The van der Waals surface area contributed by atoms with Crippen molar-refractivity contribution in [2.24, 2.45) is 5.73 Å². The summed E-state index contributed by atoms with van der Waals surface area (Å²) in [5, 5.41) is 9.85. The summed E-state index contributed by atoms with van der Waals surface area (Å²) in [6.07, 6.45) is 1.64. The van der Waals surface area contributed by atoms with Crippen LogP contribution in [0.3, 0.4) is 0 Å². The predicted octanol–water partition coefficient (Wildman–Crippen LogP) is 3.22. The third kappa shape index (κ3) is 1.59. The van der Waals surface area contributed by atoms with E-state index in [2.05, 4.69) is 30.3 Å². The maximum absolute atomic E-state index is 9.85. The second-order valence-corrected chi connectivity index (χ2v) is 5.00. The molecule has 19 heavy (non-hydrogen) atoms. The Kier molecular flexibility index (Phi) is 2.85. The average Bonchev–Trinajstić information content (AvgIpc) is 2.77. The largest absolute Gasteiger partial charge is 0.330 e. The van der Waals surface area contributed by atoms with Gasteiger partial charge in [0.25, 0.3) is 0 Å². The van der Waals surface area contributed by atoms with E-state index in [4.69, 9.17) is 5.73 Å². The van der Waals surface area contributed by atoms with E-state index in [0.29, 0.717) is 6.54 Å². The number of nitriles is 1. The van der Waals surface area contributed by atoms with Crippen LogP contribution in [0.2, 0.25) is 0 Å². The standard InChI is InChI=1S/C17H16N2/c18-11-5-10-17(12-19)15-8-3-1-6-13(15)14-7-2-4-9-16(14)17/h1-4,6-9H,5,10-11,18H2. The molecule has 0 unspecified atom stereocenters. The maximum atomic E-state index is 9.85. The van der Waals surface area contributed by atoms with Crippen molar-refractivity contribution in [1.29, 1.82) is 5.26 Å². The summed E-state index contributed by atoms with van der Waals surface area (Å²) in [5.74, 6) is 0. The summed E-state index contributed by atoms with van der Waals surface area (Å²) in [4.78, 5) is 0. The Bertz CT molecular complexity index is 607. The molecule has 94 valence electrons. The van der Waals surface area contributed by atoms with Crippen LogP contribution >= 0.6 is 0 Å². The first-order valence-electron chi connectivity index (χ1n) is 6.64. The van der Waals surface area contributed by atoms with Crippen LogP contribution in [0, 0.1) is 11.3 Å². The molecule has 1 aliphatic carbocycles. The number of benzene rings is 2. The third-order valence-electron chi connectivity index (χ3n) is 4.01. The quantitative estimate of drug-likeness (QED) is 0.906. The molecule has 0 radical (unpaired) electrons. The molecule has 2 heteroatoms. The Labute approximate surface area is 113 Å². The minimum atomic E-state index is -0.521. The fourth-order valence-corrected chi connectivity index (χ4v) is 3.14. The van der Waals surface area contributed by atoms with Gasteiger partial charge in [-0.25, -0.2) is 0 Å². The lowest BCUT2D eigenvalue weighted by Gasteiger charge is -2.23. The van der Waals surface area contributed by atoms with Crippen molar-refractivity contribution in [2.45, 2.75) is 18.3 Å². The molecule has 3 rings (SSSR count). The van der Waals surface area contributed by atoms with Crippen molar-refractivity contribution >= 4 is 0 Å². The smallest absolute Gasteiger partial charge is 0.108 e. The topological polar surface area (TPSA) is 49.8 Å². The van der Waals surface area contributed by atoms with Gasteiger partial charge in [0.15, 0.2) is 0 Å². The van der Waals surface area contributed by atoms with Crippen LogP contribution in [-0.2, 0) is 5.41 Å². The zero-order chi connectivity index (χ0) is 13.3. The third-order valence-corrected chi connectivity index (χ3v) is 4.01. The maximum Gasteiger partial charge on any atom is 0.108 e. The Morgan fingerprint density at radius 1 is 0.947 bits per heavy atom. The molecular weight excluding hydrogens is 232 g/mol. The number of nitrogens with zero attached hydrogens (tertiary/aromatic N) is 1. The number of nitrogens with two attached hydrogens (primary N) is 1. The van der Waals surface area contributed by atoms with E-state index in [9.17, 15) is 5.26 Å². The molecule has 1 aliphatic rings. The predicted molar refractivity (Wildman–Crippen MR) is 76.6 cm³/mol. The first kappa shape index (κ1) is 12.0. The molecule has 0 aromatic heterocycles. The second kappa shape index (κ2) is 4.53. The van der Waals surface area contributed by atoms with Crippen LogP contribution in [0.4, 0.5) is 0 Å². The number of hydrogen-bond donors (Lipinski definition) is 1. The first-order valence-corrected chi connectivity index (χ1v) is 6.64. The summed E-state index contributed by atoms with van der Waals surface area (Å²) in [5.41, 5.74) is 9.78. The van der Waals surface area contributed by atoms with E-state index in [1.54, 1.807) is 0 Å². The molecule has 0 spiro atoms. The van der Waals surface area contributed by atoms with Gasteiger partial charge < -0.3 is 5.73 Å². The van der Waals surface area contributed by atoms with E-state index in [0.717, 1.165) is 24.0 Å². The van der Waals surface area contributed by atoms with Gasteiger partial charge >= 0.3 is 0 Å². The fourth-order valence-electron chi connectivity index (χ4n) is 3.14. The number of hydrogen-bond acceptors (Lipinski definition) is 2. The van der Waals surface area contributed by atoms with Crippen LogP contribution in [0.5, 0.6) is 0 Å². The van der Waals surface area contributed by atoms with Gasteiger partial charge in [-0.05, 0) is 41.6 Å². The van der Waals surface area contributed by atoms with E-state index in [1.165, 1.54) is 11.1 Å². The lowest BCUT2D eigenvalue weighted by molar-refractivity contribution is 0.578. The summed E-state index contributed by atoms with van der Waals surface area (Å²) in [7, 11) is 0. The van der Waals surface area contributed by atoms with E-state index < -0.39 is 5.41 Å². The minimum absolute atomic E-state index is 0.521. The van der Waals surface area contributed by atoms with Gasteiger partial charge in [-0.15, -0.1) is 0 Å². The van der Waals surface area contributed by atoms with Crippen LogP contribution in [0.1, 0.15) is 24.0 Å². The Morgan fingerprint density at radius 2 is 1.47 bits per heavy atom.